The second kappa shape index (κ2) is 12.5. The highest BCUT2D eigenvalue weighted by Gasteiger charge is 2.32. The number of carbonyl (C=O) groups is 4. The van der Waals surface area contributed by atoms with Crippen molar-refractivity contribution < 1.29 is 38.5 Å². The average Bonchev–Trinajstić information content (AvgIpc) is 3.22. The lowest BCUT2D eigenvalue weighted by molar-refractivity contribution is -0.122. The van der Waals surface area contributed by atoms with E-state index in [2.05, 4.69) is 20.8 Å². The number of nitrogens with zero attached hydrogens (tertiary/aromatic N) is 2. The first-order valence-corrected chi connectivity index (χ1v) is 11.8. The lowest BCUT2D eigenvalue weighted by Crippen LogP contribution is -2.28. The number of amides is 2. The van der Waals surface area contributed by atoms with Gasteiger partial charge in [0, 0.05) is 17.7 Å². The highest BCUT2D eigenvalue weighted by Crippen LogP contribution is 2.33. The van der Waals surface area contributed by atoms with Crippen molar-refractivity contribution in [3.8, 4) is 11.5 Å². The summed E-state index contributed by atoms with van der Waals surface area (Å²) in [5, 5.41) is 22.0. The van der Waals surface area contributed by atoms with Gasteiger partial charge in [0.1, 0.15) is 10.8 Å². The van der Waals surface area contributed by atoms with Crippen LogP contribution in [0, 0.1) is 0 Å². The van der Waals surface area contributed by atoms with Gasteiger partial charge in [0.15, 0.2) is 16.7 Å². The maximum atomic E-state index is 12.4. The van der Waals surface area contributed by atoms with Crippen LogP contribution in [0.1, 0.15) is 39.6 Å². The maximum absolute atomic E-state index is 12.4. The van der Waals surface area contributed by atoms with E-state index in [4.69, 9.17) is 14.2 Å². The van der Waals surface area contributed by atoms with Crippen LogP contribution in [0.5, 0.6) is 11.5 Å². The first-order chi connectivity index (χ1) is 17.8. The monoisotopic (exact) mass is 528 g/mol. The van der Waals surface area contributed by atoms with Crippen molar-refractivity contribution in [3.63, 3.8) is 0 Å². The summed E-state index contributed by atoms with van der Waals surface area (Å²) >= 11 is 1.02. The van der Waals surface area contributed by atoms with E-state index in [1.165, 1.54) is 44.7 Å². The van der Waals surface area contributed by atoms with Gasteiger partial charge in [0.25, 0.3) is 0 Å². The fraction of sp³-hybridized carbons (Fsp3) is 0.250. The number of hydrogen-bond acceptors (Lipinski definition) is 10. The number of anilines is 1. The molecule has 2 aromatic carbocycles. The van der Waals surface area contributed by atoms with E-state index >= 15 is 0 Å². The Kier molecular flexibility index (Phi) is 9.21. The minimum Gasteiger partial charge on any atom is -0.493 e. The molecule has 2 aromatic rings. The summed E-state index contributed by atoms with van der Waals surface area (Å²) in [5.41, 5.74) is 0.882. The van der Waals surface area contributed by atoms with E-state index in [1.807, 2.05) is 0 Å². The number of methoxy groups -OCH3 is 2. The average molecular weight is 529 g/mol. The molecule has 37 heavy (non-hydrogen) atoms. The Balaban J connectivity index is 1.62. The van der Waals surface area contributed by atoms with Crippen LogP contribution in [0.3, 0.4) is 0 Å². The van der Waals surface area contributed by atoms with E-state index in [1.54, 1.807) is 19.1 Å². The highest BCUT2D eigenvalue weighted by molar-refractivity contribution is 8.15. The van der Waals surface area contributed by atoms with Crippen molar-refractivity contribution in [1.82, 2.24) is 5.32 Å². The minimum atomic E-state index is -1.24. The van der Waals surface area contributed by atoms with Crippen LogP contribution < -0.4 is 20.1 Å². The van der Waals surface area contributed by atoms with Gasteiger partial charge in [-0.15, -0.1) is 5.10 Å². The lowest BCUT2D eigenvalue weighted by atomic mass is 10.1. The third-order valence-corrected chi connectivity index (χ3v) is 6.04. The maximum Gasteiger partial charge on any atom is 0.340 e. The molecule has 1 saturated heterocycles. The van der Waals surface area contributed by atoms with Crippen LogP contribution in [0.25, 0.3) is 0 Å². The molecule has 1 fully saturated rings. The molecule has 1 aliphatic heterocycles. The number of carbonyl (C=O) groups excluding carboxylic acids is 3. The third-order valence-electron chi connectivity index (χ3n) is 4.96. The van der Waals surface area contributed by atoms with Gasteiger partial charge in [0.2, 0.25) is 11.8 Å². The smallest absolute Gasteiger partial charge is 0.340 e. The molecule has 0 radical (unpaired) electrons. The summed E-state index contributed by atoms with van der Waals surface area (Å²) in [6, 6.07) is 9.20. The van der Waals surface area contributed by atoms with E-state index in [0.29, 0.717) is 11.3 Å². The van der Waals surface area contributed by atoms with Crippen LogP contribution in [0.2, 0.25) is 0 Å². The quantitative estimate of drug-likeness (QED) is 0.239. The minimum absolute atomic E-state index is 0.0387. The second-order valence-electron chi connectivity index (χ2n) is 7.37. The van der Waals surface area contributed by atoms with Gasteiger partial charge in [-0.05, 0) is 43.3 Å². The van der Waals surface area contributed by atoms with Gasteiger partial charge < -0.3 is 30.0 Å². The molecule has 1 atom stereocenters. The van der Waals surface area contributed by atoms with E-state index < -0.39 is 29.0 Å². The standard InChI is InChI=1S/C24H24N4O8S/c1-4-36-23(33)13-5-8-15(9-6-13)26-18(29)11-17-21(30)27-24(37-17)28-25-12-14-7-10-16(34-2)20(35-3)19(14)22(31)32/h5-10,12,17H,4,11H2,1-3H3,(H,26,29)(H,31,32)(H,27,28,30)/b25-12+. The number of ether oxygens (including phenoxy) is 3. The Hall–Kier alpha value is -4.39. The number of carboxylic acid groups (broad SMARTS) is 1. The number of hydrogen-bond donors (Lipinski definition) is 3. The number of rotatable bonds is 10. The lowest BCUT2D eigenvalue weighted by Gasteiger charge is -2.11. The molecule has 13 heteroatoms. The predicted octanol–water partition coefficient (Wildman–Crippen LogP) is 2.53. The van der Waals surface area contributed by atoms with Gasteiger partial charge in [-0.2, -0.15) is 5.10 Å². The third kappa shape index (κ3) is 6.85. The van der Waals surface area contributed by atoms with Gasteiger partial charge >= 0.3 is 11.9 Å². The summed E-state index contributed by atoms with van der Waals surface area (Å²) in [7, 11) is 2.71. The number of nitrogens with one attached hydrogen (secondary N) is 2. The zero-order valence-electron chi connectivity index (χ0n) is 20.1. The SMILES string of the molecule is CCOC(=O)c1ccc(NC(=O)CC2S/C(=N\N=C\c3ccc(OC)c(OC)c3C(=O)O)NC2=O)cc1. The number of amidine groups is 1. The van der Waals surface area contributed by atoms with E-state index in [-0.39, 0.29) is 40.8 Å². The fourth-order valence-electron chi connectivity index (χ4n) is 3.28. The Morgan fingerprint density at radius 3 is 2.49 bits per heavy atom. The van der Waals surface area contributed by atoms with Crippen LogP contribution in [-0.4, -0.2) is 66.3 Å². The van der Waals surface area contributed by atoms with Crippen LogP contribution >= 0.6 is 11.8 Å². The molecule has 0 aliphatic carbocycles. The second-order valence-corrected chi connectivity index (χ2v) is 8.56. The van der Waals surface area contributed by atoms with Crippen molar-refractivity contribution in [2.45, 2.75) is 18.6 Å². The molecule has 194 valence electrons. The van der Waals surface area contributed by atoms with Crippen molar-refractivity contribution in [1.29, 1.82) is 0 Å². The molecule has 3 rings (SSSR count). The fourth-order valence-corrected chi connectivity index (χ4v) is 4.21. The molecule has 0 spiro atoms. The van der Waals surface area contributed by atoms with Crippen molar-refractivity contribution in [2.24, 2.45) is 10.2 Å². The Labute approximate surface area is 216 Å². The van der Waals surface area contributed by atoms with Crippen molar-refractivity contribution in [2.75, 3.05) is 26.1 Å². The topological polar surface area (TPSA) is 165 Å². The van der Waals surface area contributed by atoms with Gasteiger partial charge in [-0.1, -0.05) is 11.8 Å². The molecule has 12 nitrogen and oxygen atoms in total. The summed E-state index contributed by atoms with van der Waals surface area (Å²) in [5.74, 6) is -2.23. The Morgan fingerprint density at radius 1 is 1.14 bits per heavy atom. The number of aromatic carboxylic acids is 1. The zero-order chi connectivity index (χ0) is 26.9. The van der Waals surface area contributed by atoms with Crippen LogP contribution in [-0.2, 0) is 14.3 Å². The first-order valence-electron chi connectivity index (χ1n) is 10.9. The normalized spacial score (nSPS) is 15.9. The molecular formula is C24H24N4O8S. The van der Waals surface area contributed by atoms with E-state index in [9.17, 15) is 24.3 Å². The van der Waals surface area contributed by atoms with Gasteiger partial charge in [-0.3, -0.25) is 9.59 Å². The predicted molar refractivity (Wildman–Crippen MR) is 137 cm³/mol. The molecule has 1 heterocycles. The van der Waals surface area contributed by atoms with Crippen molar-refractivity contribution in [3.05, 3.63) is 53.1 Å². The number of esters is 1. The molecule has 2 amide bonds. The molecule has 0 bridgehead atoms. The summed E-state index contributed by atoms with van der Waals surface area (Å²) in [6.07, 6.45) is 1.09. The molecule has 1 aliphatic rings. The van der Waals surface area contributed by atoms with Gasteiger partial charge in [-0.25, -0.2) is 9.59 Å². The highest BCUT2D eigenvalue weighted by atomic mass is 32.2. The van der Waals surface area contributed by atoms with Crippen molar-refractivity contribution >= 4 is 52.6 Å². The zero-order valence-corrected chi connectivity index (χ0v) is 21.0. The molecule has 0 saturated carbocycles. The molecule has 3 N–H and O–H groups in total. The van der Waals surface area contributed by atoms with E-state index in [0.717, 1.165) is 11.8 Å². The number of benzene rings is 2. The molecular weight excluding hydrogens is 504 g/mol. The van der Waals surface area contributed by atoms with Crippen LogP contribution in [0.4, 0.5) is 5.69 Å². The van der Waals surface area contributed by atoms with Crippen LogP contribution in [0.15, 0.2) is 46.6 Å². The Bertz CT molecular complexity index is 1260. The first kappa shape index (κ1) is 27.2. The summed E-state index contributed by atoms with van der Waals surface area (Å²) in [4.78, 5) is 48.1. The van der Waals surface area contributed by atoms with Gasteiger partial charge in [0.05, 0.1) is 32.6 Å². The molecule has 1 unspecified atom stereocenters. The summed E-state index contributed by atoms with van der Waals surface area (Å²) < 4.78 is 15.2. The number of thioether (sulfide) groups is 1. The Morgan fingerprint density at radius 2 is 1.86 bits per heavy atom. The summed E-state index contributed by atoms with van der Waals surface area (Å²) in [6.45, 7) is 1.97. The number of carboxylic acids is 1. The largest absolute Gasteiger partial charge is 0.493 e. The molecule has 0 aromatic heterocycles.